The van der Waals surface area contributed by atoms with E-state index in [1.54, 1.807) is 18.1 Å². The van der Waals surface area contributed by atoms with E-state index >= 15 is 0 Å². The van der Waals surface area contributed by atoms with Crippen molar-refractivity contribution in [1.82, 2.24) is 14.5 Å². The molecule has 0 spiro atoms. The second-order valence-electron chi connectivity index (χ2n) is 4.90. The van der Waals surface area contributed by atoms with Crippen molar-refractivity contribution in [2.75, 3.05) is 19.3 Å². The number of hydrogen-bond acceptors (Lipinski definition) is 4. The highest BCUT2D eigenvalue weighted by atomic mass is 32.2. The maximum Gasteiger partial charge on any atom is 0.313 e. The topological polar surface area (TPSA) is 75.4 Å². The third kappa shape index (κ3) is 3.15. The van der Waals surface area contributed by atoms with Crippen LogP contribution in [-0.2, 0) is 16.0 Å². The lowest BCUT2D eigenvalue weighted by atomic mass is 10.1. The van der Waals surface area contributed by atoms with Gasteiger partial charge >= 0.3 is 5.97 Å². The Balaban J connectivity index is 2.22. The Hall–Kier alpha value is -1.50. The minimum Gasteiger partial charge on any atom is -0.481 e. The number of amides is 1. The minimum absolute atomic E-state index is 0.00164. The molecule has 2 heterocycles. The van der Waals surface area contributed by atoms with Crippen molar-refractivity contribution in [3.05, 3.63) is 11.9 Å². The first-order chi connectivity index (χ1) is 9.52. The number of aryl methyl sites for hydroxylation is 1. The van der Waals surface area contributed by atoms with Crippen molar-refractivity contribution in [1.29, 1.82) is 0 Å². The second-order valence-corrected chi connectivity index (χ2v) is 5.85. The number of piperidine rings is 1. The number of likely N-dealkylation sites (N-methyl/N-ethyl adjacent to an activating group) is 1. The van der Waals surface area contributed by atoms with Crippen LogP contribution in [0.5, 0.6) is 0 Å². The van der Waals surface area contributed by atoms with E-state index in [4.69, 9.17) is 5.11 Å². The molecule has 0 aliphatic carbocycles. The van der Waals surface area contributed by atoms with Crippen LogP contribution in [-0.4, -0.2) is 50.8 Å². The summed E-state index contributed by atoms with van der Waals surface area (Å²) < 4.78 is 2.11. The van der Waals surface area contributed by atoms with Crippen molar-refractivity contribution >= 4 is 23.6 Å². The van der Waals surface area contributed by atoms with E-state index in [-0.39, 0.29) is 17.7 Å². The fourth-order valence-electron chi connectivity index (χ4n) is 2.46. The molecule has 1 aromatic heterocycles. The molecule has 1 aliphatic rings. The number of thioether (sulfide) groups is 1. The van der Waals surface area contributed by atoms with Gasteiger partial charge in [-0.1, -0.05) is 18.7 Å². The van der Waals surface area contributed by atoms with Crippen molar-refractivity contribution in [3.63, 3.8) is 0 Å². The fraction of sp³-hybridized carbons (Fsp3) is 0.615. The number of hydrogen-bond donors (Lipinski definition) is 1. The number of carboxylic acid groups (broad SMARTS) is 1. The lowest BCUT2D eigenvalue weighted by Crippen LogP contribution is -2.38. The summed E-state index contributed by atoms with van der Waals surface area (Å²) in [6.45, 7) is 2.71. The van der Waals surface area contributed by atoms with Gasteiger partial charge in [0, 0.05) is 31.9 Å². The van der Waals surface area contributed by atoms with Gasteiger partial charge in [-0.15, -0.1) is 0 Å². The summed E-state index contributed by atoms with van der Waals surface area (Å²) >= 11 is 1.24. The molecule has 0 saturated carbocycles. The number of likely N-dealkylation sites (tertiary alicyclic amines) is 1. The third-order valence-electron chi connectivity index (χ3n) is 3.49. The standard InChI is InChI=1S/C13H19N3O3S/c1-3-9-6-14-13(20-8-12(18)19)16(9)10-4-5-11(17)15(2)7-10/h6,10H,3-5,7-8H2,1-2H3,(H,18,19). The summed E-state index contributed by atoms with van der Waals surface area (Å²) in [7, 11) is 1.81. The van der Waals surface area contributed by atoms with Gasteiger partial charge in [-0.3, -0.25) is 9.59 Å². The first-order valence-corrected chi connectivity index (χ1v) is 7.66. The molecule has 0 bridgehead atoms. The van der Waals surface area contributed by atoms with Gasteiger partial charge in [0.1, 0.15) is 0 Å². The average molecular weight is 297 g/mol. The molecule has 7 heteroatoms. The summed E-state index contributed by atoms with van der Waals surface area (Å²) in [6.07, 6.45) is 3.97. The van der Waals surface area contributed by atoms with Crippen molar-refractivity contribution < 1.29 is 14.7 Å². The number of imidazole rings is 1. The van der Waals surface area contributed by atoms with E-state index in [0.29, 0.717) is 13.0 Å². The summed E-state index contributed by atoms with van der Waals surface area (Å²) in [5.41, 5.74) is 1.09. The van der Waals surface area contributed by atoms with E-state index < -0.39 is 5.97 Å². The van der Waals surface area contributed by atoms with Gasteiger partial charge in [-0.2, -0.15) is 0 Å². The van der Waals surface area contributed by atoms with Gasteiger partial charge in [0.05, 0.1) is 11.8 Å². The number of nitrogens with zero attached hydrogens (tertiary/aromatic N) is 3. The smallest absolute Gasteiger partial charge is 0.313 e. The molecule has 1 amide bonds. The molecule has 1 aromatic rings. The maximum atomic E-state index is 11.6. The van der Waals surface area contributed by atoms with Gasteiger partial charge in [0.2, 0.25) is 5.91 Å². The monoisotopic (exact) mass is 297 g/mol. The summed E-state index contributed by atoms with van der Waals surface area (Å²) in [5, 5.41) is 9.54. The number of carbonyl (C=O) groups is 2. The van der Waals surface area contributed by atoms with E-state index in [2.05, 4.69) is 16.5 Å². The maximum absolute atomic E-state index is 11.6. The Morgan fingerprint density at radius 2 is 2.35 bits per heavy atom. The second kappa shape index (κ2) is 6.30. The largest absolute Gasteiger partial charge is 0.481 e. The molecule has 1 fully saturated rings. The Morgan fingerprint density at radius 1 is 1.60 bits per heavy atom. The zero-order valence-electron chi connectivity index (χ0n) is 11.7. The first kappa shape index (κ1) is 14.9. The molecule has 20 heavy (non-hydrogen) atoms. The molecule has 1 atom stereocenters. The molecule has 2 rings (SSSR count). The van der Waals surface area contributed by atoms with Crippen LogP contribution in [0.1, 0.15) is 31.5 Å². The molecule has 110 valence electrons. The lowest BCUT2D eigenvalue weighted by Gasteiger charge is -2.32. The van der Waals surface area contributed by atoms with Gasteiger partial charge in [-0.05, 0) is 12.8 Å². The Bertz CT molecular complexity index is 515. The minimum atomic E-state index is -0.849. The number of rotatable bonds is 5. The van der Waals surface area contributed by atoms with Crippen LogP contribution in [0, 0.1) is 0 Å². The molecular weight excluding hydrogens is 278 g/mol. The summed E-state index contributed by atoms with van der Waals surface area (Å²) in [6, 6.07) is 0.187. The highest BCUT2D eigenvalue weighted by Crippen LogP contribution is 2.29. The molecule has 6 nitrogen and oxygen atoms in total. The van der Waals surface area contributed by atoms with Crippen LogP contribution in [0.2, 0.25) is 0 Å². The van der Waals surface area contributed by atoms with Gasteiger partial charge in [-0.25, -0.2) is 4.98 Å². The zero-order chi connectivity index (χ0) is 14.7. The van der Waals surface area contributed by atoms with Gasteiger partial charge in [0.15, 0.2) is 5.16 Å². The van der Waals surface area contributed by atoms with Crippen LogP contribution >= 0.6 is 11.8 Å². The number of aliphatic carboxylic acids is 1. The Labute approximate surface area is 122 Å². The average Bonchev–Trinajstić information content (AvgIpc) is 2.82. The molecule has 0 aromatic carbocycles. The quantitative estimate of drug-likeness (QED) is 0.832. The number of carbonyl (C=O) groups excluding carboxylic acids is 1. The number of aromatic nitrogens is 2. The molecule has 1 N–H and O–H groups in total. The molecule has 1 saturated heterocycles. The van der Waals surface area contributed by atoms with Gasteiger partial charge in [0.25, 0.3) is 0 Å². The summed E-state index contributed by atoms with van der Waals surface area (Å²) in [4.78, 5) is 28.4. The number of carboxylic acids is 1. The normalized spacial score (nSPS) is 19.4. The van der Waals surface area contributed by atoms with Crippen LogP contribution in [0.25, 0.3) is 0 Å². The van der Waals surface area contributed by atoms with E-state index in [1.807, 2.05) is 0 Å². The van der Waals surface area contributed by atoms with Crippen LogP contribution in [0.4, 0.5) is 0 Å². The molecule has 0 radical (unpaired) electrons. The van der Waals surface area contributed by atoms with E-state index in [9.17, 15) is 9.59 Å². The SMILES string of the molecule is CCc1cnc(SCC(=O)O)n1C1CCC(=O)N(C)C1. The Kier molecular flexibility index (Phi) is 4.69. The highest BCUT2D eigenvalue weighted by Gasteiger charge is 2.27. The van der Waals surface area contributed by atoms with E-state index in [0.717, 1.165) is 23.7 Å². The predicted octanol–water partition coefficient (Wildman–Crippen LogP) is 1.42. The summed E-state index contributed by atoms with van der Waals surface area (Å²) in [5.74, 6) is -0.681. The Morgan fingerprint density at radius 3 is 2.95 bits per heavy atom. The molecule has 1 aliphatic heterocycles. The van der Waals surface area contributed by atoms with Crippen LogP contribution in [0.3, 0.4) is 0 Å². The molecular formula is C13H19N3O3S. The fourth-order valence-corrected chi connectivity index (χ4v) is 3.25. The zero-order valence-corrected chi connectivity index (χ0v) is 12.5. The van der Waals surface area contributed by atoms with Gasteiger partial charge < -0.3 is 14.6 Å². The van der Waals surface area contributed by atoms with Crippen molar-refractivity contribution in [3.8, 4) is 0 Å². The van der Waals surface area contributed by atoms with E-state index in [1.165, 1.54) is 11.8 Å². The first-order valence-electron chi connectivity index (χ1n) is 6.67. The van der Waals surface area contributed by atoms with Crippen LogP contribution < -0.4 is 0 Å². The van der Waals surface area contributed by atoms with Crippen molar-refractivity contribution in [2.45, 2.75) is 37.4 Å². The van der Waals surface area contributed by atoms with Crippen LogP contribution in [0.15, 0.2) is 11.4 Å². The third-order valence-corrected chi connectivity index (χ3v) is 4.45. The van der Waals surface area contributed by atoms with Crippen molar-refractivity contribution in [2.24, 2.45) is 0 Å². The highest BCUT2D eigenvalue weighted by molar-refractivity contribution is 7.99. The lowest BCUT2D eigenvalue weighted by molar-refractivity contribution is -0.134. The predicted molar refractivity (Wildman–Crippen MR) is 75.9 cm³/mol. The molecule has 1 unspecified atom stereocenters.